The third-order valence-corrected chi connectivity index (χ3v) is 7.11. The predicted octanol–water partition coefficient (Wildman–Crippen LogP) is 5.61. The molecule has 0 saturated heterocycles. The zero-order valence-electron chi connectivity index (χ0n) is 21.2. The minimum Gasteiger partial charge on any atom is -0.358 e. The average Bonchev–Trinajstić information content (AvgIpc) is 3.51. The number of halogens is 1. The van der Waals surface area contributed by atoms with Crippen molar-refractivity contribution in [3.05, 3.63) is 95.5 Å². The van der Waals surface area contributed by atoms with E-state index in [1.54, 1.807) is 12.5 Å². The van der Waals surface area contributed by atoms with Crippen molar-refractivity contribution < 1.29 is 4.79 Å². The van der Waals surface area contributed by atoms with Crippen LogP contribution in [0.25, 0.3) is 5.82 Å². The first-order valence-electron chi connectivity index (χ1n) is 13.1. The van der Waals surface area contributed by atoms with Crippen LogP contribution in [0.5, 0.6) is 0 Å². The van der Waals surface area contributed by atoms with Crippen LogP contribution in [0.3, 0.4) is 0 Å². The molecule has 0 spiro atoms. The molecular weight excluding hydrogens is 498 g/mol. The molecule has 2 aromatic heterocycles. The largest absolute Gasteiger partial charge is 0.358 e. The van der Waals surface area contributed by atoms with Crippen LogP contribution in [0.4, 0.5) is 11.8 Å². The van der Waals surface area contributed by atoms with Crippen LogP contribution in [-0.2, 0) is 17.9 Å². The van der Waals surface area contributed by atoms with Gasteiger partial charge in [-0.25, -0.2) is 4.98 Å². The number of imidazole rings is 1. The lowest BCUT2D eigenvalue weighted by Gasteiger charge is -2.30. The number of carbonyl (C=O) groups is 1. The van der Waals surface area contributed by atoms with E-state index in [-0.39, 0.29) is 11.8 Å². The molecule has 1 atom stereocenters. The number of rotatable bonds is 10. The molecule has 8 nitrogen and oxygen atoms in total. The first-order valence-corrected chi connectivity index (χ1v) is 13.5. The van der Waals surface area contributed by atoms with Gasteiger partial charge in [0, 0.05) is 36.6 Å². The number of aromatic nitrogens is 4. The summed E-state index contributed by atoms with van der Waals surface area (Å²) in [5.74, 6) is 1.93. The lowest BCUT2D eigenvalue weighted by Crippen LogP contribution is -2.45. The van der Waals surface area contributed by atoms with Crippen LogP contribution >= 0.6 is 11.6 Å². The van der Waals surface area contributed by atoms with Crippen LogP contribution in [-0.4, -0.2) is 31.5 Å². The lowest BCUT2D eigenvalue weighted by molar-refractivity contribution is -0.123. The molecule has 1 saturated carbocycles. The van der Waals surface area contributed by atoms with E-state index < -0.39 is 6.04 Å². The highest BCUT2D eigenvalue weighted by atomic mass is 35.5. The number of carbonyl (C=O) groups excluding carboxylic acids is 1. The monoisotopic (exact) mass is 529 g/mol. The lowest BCUT2D eigenvalue weighted by atomic mass is 9.83. The Morgan fingerprint density at radius 1 is 0.974 bits per heavy atom. The summed E-state index contributed by atoms with van der Waals surface area (Å²) in [6, 6.07) is 19.1. The number of anilines is 2. The molecule has 38 heavy (non-hydrogen) atoms. The van der Waals surface area contributed by atoms with E-state index in [0.29, 0.717) is 35.7 Å². The Labute approximate surface area is 227 Å². The summed E-state index contributed by atoms with van der Waals surface area (Å²) in [6.07, 6.45) is 10.7. The van der Waals surface area contributed by atoms with Crippen LogP contribution < -0.4 is 16.0 Å². The first kappa shape index (κ1) is 25.7. The second kappa shape index (κ2) is 12.6. The summed E-state index contributed by atoms with van der Waals surface area (Å²) in [5, 5.41) is 10.6. The summed E-state index contributed by atoms with van der Waals surface area (Å²) in [4.78, 5) is 27.1. The summed E-state index contributed by atoms with van der Waals surface area (Å²) < 4.78 is 1.83. The van der Waals surface area contributed by atoms with E-state index in [1.807, 2.05) is 59.3 Å². The molecule has 0 aliphatic heterocycles. The second-order valence-electron chi connectivity index (χ2n) is 9.61. The molecule has 0 unspecified atom stereocenters. The topological polar surface area (TPSA) is 96.8 Å². The average molecular weight is 530 g/mol. The van der Waals surface area contributed by atoms with E-state index in [9.17, 15) is 4.79 Å². The van der Waals surface area contributed by atoms with Gasteiger partial charge in [-0.1, -0.05) is 73.3 Å². The molecule has 0 bridgehead atoms. The van der Waals surface area contributed by atoms with Crippen molar-refractivity contribution in [2.75, 3.05) is 10.6 Å². The smallest absolute Gasteiger partial charge is 0.243 e. The zero-order chi connectivity index (χ0) is 26.2. The standard InChI is InChI=1S/C29H32ClN7O/c30-24-13-11-22(12-14-24)18-32-28(38)27(23-9-5-2-6-10-23)34-25-17-26(37-16-15-31-20-37)36-29(35-25)33-19-21-7-3-1-4-8-21/h1,3-4,7-8,11-17,20,23,27H,2,5-6,9-10,18-19H2,(H,32,38)(H2,33,34,35,36)/t27-/m1/s1. The van der Waals surface area contributed by atoms with Gasteiger partial charge in [0.25, 0.3) is 0 Å². The zero-order valence-corrected chi connectivity index (χ0v) is 21.9. The molecule has 1 fully saturated rings. The Morgan fingerprint density at radius 3 is 2.47 bits per heavy atom. The van der Waals surface area contributed by atoms with Crippen LogP contribution in [0.15, 0.2) is 79.4 Å². The van der Waals surface area contributed by atoms with Gasteiger partial charge in [-0.15, -0.1) is 0 Å². The SMILES string of the molecule is O=C(NCc1ccc(Cl)cc1)[C@H](Nc1cc(-n2ccnc2)nc(NCc2ccccc2)n1)C1CCCCC1. The van der Waals surface area contributed by atoms with Gasteiger partial charge >= 0.3 is 0 Å². The molecule has 3 N–H and O–H groups in total. The third kappa shape index (κ3) is 6.89. The molecule has 196 valence electrons. The molecule has 9 heteroatoms. The van der Waals surface area contributed by atoms with Crippen molar-refractivity contribution in [1.82, 2.24) is 24.8 Å². The van der Waals surface area contributed by atoms with Crippen LogP contribution in [0.1, 0.15) is 43.2 Å². The summed E-state index contributed by atoms with van der Waals surface area (Å²) in [7, 11) is 0. The van der Waals surface area contributed by atoms with Crippen LogP contribution in [0, 0.1) is 5.92 Å². The van der Waals surface area contributed by atoms with Crippen molar-refractivity contribution in [1.29, 1.82) is 0 Å². The number of nitrogens with zero attached hydrogens (tertiary/aromatic N) is 4. The highest BCUT2D eigenvalue weighted by molar-refractivity contribution is 6.30. The molecule has 5 rings (SSSR count). The van der Waals surface area contributed by atoms with Crippen molar-refractivity contribution in [3.8, 4) is 5.82 Å². The van der Waals surface area contributed by atoms with E-state index in [1.165, 1.54) is 6.42 Å². The molecule has 4 aromatic rings. The van der Waals surface area contributed by atoms with E-state index in [0.717, 1.165) is 36.8 Å². The molecule has 1 aliphatic carbocycles. The summed E-state index contributed by atoms with van der Waals surface area (Å²) >= 11 is 6.02. The maximum atomic E-state index is 13.5. The molecule has 2 heterocycles. The highest BCUT2D eigenvalue weighted by Gasteiger charge is 2.30. The van der Waals surface area contributed by atoms with E-state index >= 15 is 0 Å². The Morgan fingerprint density at radius 2 is 1.74 bits per heavy atom. The first-order chi connectivity index (χ1) is 18.6. The molecular formula is C29H32ClN7O. The Kier molecular flexibility index (Phi) is 8.50. The van der Waals surface area contributed by atoms with Gasteiger partial charge in [-0.05, 0) is 42.0 Å². The van der Waals surface area contributed by atoms with Crippen molar-refractivity contribution in [3.63, 3.8) is 0 Å². The fraction of sp³-hybridized carbons (Fsp3) is 0.310. The third-order valence-electron chi connectivity index (χ3n) is 6.86. The van der Waals surface area contributed by atoms with Crippen molar-refractivity contribution >= 4 is 29.3 Å². The minimum absolute atomic E-state index is 0.0339. The predicted molar refractivity (Wildman–Crippen MR) is 150 cm³/mol. The fourth-order valence-electron chi connectivity index (χ4n) is 4.82. The number of hydrogen-bond acceptors (Lipinski definition) is 6. The quantitative estimate of drug-likeness (QED) is 0.247. The number of benzene rings is 2. The maximum absolute atomic E-state index is 13.5. The molecule has 2 aromatic carbocycles. The maximum Gasteiger partial charge on any atom is 0.243 e. The van der Waals surface area contributed by atoms with Gasteiger partial charge in [0.15, 0.2) is 0 Å². The van der Waals surface area contributed by atoms with Gasteiger partial charge in [0.05, 0.1) is 0 Å². The number of nitrogens with one attached hydrogen (secondary N) is 3. The number of hydrogen-bond donors (Lipinski definition) is 3. The van der Waals surface area contributed by atoms with Crippen LogP contribution in [0.2, 0.25) is 5.02 Å². The Bertz CT molecular complexity index is 1310. The van der Waals surface area contributed by atoms with Gasteiger partial charge < -0.3 is 16.0 Å². The van der Waals surface area contributed by atoms with E-state index in [2.05, 4.69) is 38.1 Å². The normalized spacial score (nSPS) is 14.6. The fourth-order valence-corrected chi connectivity index (χ4v) is 4.94. The summed E-state index contributed by atoms with van der Waals surface area (Å²) in [5.41, 5.74) is 2.13. The van der Waals surface area contributed by atoms with E-state index in [4.69, 9.17) is 16.6 Å². The van der Waals surface area contributed by atoms with Crippen molar-refractivity contribution in [2.24, 2.45) is 5.92 Å². The van der Waals surface area contributed by atoms with Gasteiger partial charge in [0.2, 0.25) is 11.9 Å². The minimum atomic E-state index is -0.407. The molecule has 1 amide bonds. The van der Waals surface area contributed by atoms with Gasteiger partial charge in [0.1, 0.15) is 24.0 Å². The van der Waals surface area contributed by atoms with Gasteiger partial charge in [-0.3, -0.25) is 9.36 Å². The van der Waals surface area contributed by atoms with Gasteiger partial charge in [-0.2, -0.15) is 9.97 Å². The molecule has 0 radical (unpaired) electrons. The number of amides is 1. The summed E-state index contributed by atoms with van der Waals surface area (Å²) in [6.45, 7) is 1.02. The molecule has 1 aliphatic rings. The second-order valence-corrected chi connectivity index (χ2v) is 10.0. The highest BCUT2D eigenvalue weighted by Crippen LogP contribution is 2.29. The Hall–Kier alpha value is -3.91. The Balaban J connectivity index is 1.37. The van der Waals surface area contributed by atoms with Crippen molar-refractivity contribution in [2.45, 2.75) is 51.2 Å².